The molecular formula is C20H25N3O2. The van der Waals surface area contributed by atoms with Crippen LogP contribution in [0.25, 0.3) is 10.9 Å². The molecule has 0 bridgehead atoms. The zero-order valence-electron chi connectivity index (χ0n) is 14.9. The predicted molar refractivity (Wildman–Crippen MR) is 95.9 cm³/mol. The summed E-state index contributed by atoms with van der Waals surface area (Å²) in [4.78, 5) is 20.6. The SMILES string of the molecule is CC(C)[C@@H]1CO[C@@]23CCN(Cc4cccc5[nH]ccc45)[C@@H]2CC(=O)N13. The Hall–Kier alpha value is -1.85. The summed E-state index contributed by atoms with van der Waals surface area (Å²) >= 11 is 0. The van der Waals surface area contributed by atoms with E-state index in [1.54, 1.807) is 0 Å². The molecule has 0 aliphatic carbocycles. The van der Waals surface area contributed by atoms with Gasteiger partial charge in [0.05, 0.1) is 18.7 Å². The third-order valence-electron chi connectivity index (χ3n) is 6.43. The number of carbonyl (C=O) groups is 1. The second kappa shape index (κ2) is 5.32. The number of fused-ring (bicyclic) bond motifs is 1. The molecule has 3 aliphatic rings. The Morgan fingerprint density at radius 2 is 2.24 bits per heavy atom. The second-order valence-corrected chi connectivity index (χ2v) is 8.03. The Bertz CT molecular complexity index is 829. The number of H-pyrrole nitrogens is 1. The highest BCUT2D eigenvalue weighted by Crippen LogP contribution is 2.49. The largest absolute Gasteiger partial charge is 0.361 e. The summed E-state index contributed by atoms with van der Waals surface area (Å²) in [6.45, 7) is 6.92. The molecule has 3 atom stereocenters. The van der Waals surface area contributed by atoms with Gasteiger partial charge in [0.1, 0.15) is 0 Å². The average molecular weight is 339 g/mol. The molecule has 132 valence electrons. The van der Waals surface area contributed by atoms with Crippen LogP contribution >= 0.6 is 0 Å². The fraction of sp³-hybridized carbons (Fsp3) is 0.550. The first-order valence-electron chi connectivity index (χ1n) is 9.35. The van der Waals surface area contributed by atoms with Gasteiger partial charge in [-0.15, -0.1) is 0 Å². The quantitative estimate of drug-likeness (QED) is 0.935. The molecule has 3 saturated heterocycles. The number of amides is 1. The summed E-state index contributed by atoms with van der Waals surface area (Å²) in [6, 6.07) is 8.96. The highest BCUT2D eigenvalue weighted by Gasteiger charge is 2.64. The summed E-state index contributed by atoms with van der Waals surface area (Å²) < 4.78 is 6.33. The summed E-state index contributed by atoms with van der Waals surface area (Å²) in [5, 5.41) is 1.28. The normalized spacial score (nSPS) is 32.1. The molecule has 1 spiro atoms. The molecule has 0 radical (unpaired) electrons. The van der Waals surface area contributed by atoms with Crippen LogP contribution in [-0.4, -0.2) is 51.7 Å². The number of hydrogen-bond acceptors (Lipinski definition) is 3. The molecule has 3 aliphatic heterocycles. The molecule has 1 amide bonds. The first-order chi connectivity index (χ1) is 12.1. The van der Waals surface area contributed by atoms with E-state index in [9.17, 15) is 4.79 Å². The van der Waals surface area contributed by atoms with E-state index in [-0.39, 0.29) is 23.7 Å². The number of ether oxygens (including phenoxy) is 1. The lowest BCUT2D eigenvalue weighted by Crippen LogP contribution is -2.50. The molecule has 5 heteroatoms. The predicted octanol–water partition coefficient (Wildman–Crippen LogP) is 2.73. The van der Waals surface area contributed by atoms with Crippen LogP contribution in [0.4, 0.5) is 0 Å². The lowest BCUT2D eigenvalue weighted by molar-refractivity contribution is -0.139. The smallest absolute Gasteiger partial charge is 0.226 e. The fourth-order valence-electron chi connectivity index (χ4n) is 5.15. The van der Waals surface area contributed by atoms with Gasteiger partial charge in [-0.2, -0.15) is 0 Å². The minimum atomic E-state index is -0.377. The van der Waals surface area contributed by atoms with Crippen molar-refractivity contribution in [2.24, 2.45) is 5.92 Å². The number of nitrogens with one attached hydrogen (secondary N) is 1. The van der Waals surface area contributed by atoms with Crippen LogP contribution in [0, 0.1) is 5.92 Å². The van der Waals surface area contributed by atoms with E-state index in [0.29, 0.717) is 18.9 Å². The standard InChI is InChI=1S/C20H25N3O2/c1-13(2)17-12-25-20-7-9-22(18(20)10-19(24)23(17)20)11-14-4-3-5-16-15(14)6-8-21-16/h3-6,8,13,17-18,21H,7,9-12H2,1-2H3/t17-,18+,20-/m0/s1. The van der Waals surface area contributed by atoms with Crippen LogP contribution < -0.4 is 0 Å². The van der Waals surface area contributed by atoms with E-state index < -0.39 is 0 Å². The van der Waals surface area contributed by atoms with Crippen molar-refractivity contribution in [2.45, 2.75) is 51.0 Å². The Kier molecular flexibility index (Phi) is 3.28. The van der Waals surface area contributed by atoms with Gasteiger partial charge in [-0.05, 0) is 23.6 Å². The van der Waals surface area contributed by atoms with Gasteiger partial charge in [0.25, 0.3) is 0 Å². The van der Waals surface area contributed by atoms with Gasteiger partial charge in [0.2, 0.25) is 5.91 Å². The van der Waals surface area contributed by atoms with Crippen molar-refractivity contribution < 1.29 is 9.53 Å². The Morgan fingerprint density at radius 3 is 3.08 bits per heavy atom. The fourth-order valence-corrected chi connectivity index (χ4v) is 5.15. The van der Waals surface area contributed by atoms with Gasteiger partial charge in [-0.25, -0.2) is 0 Å². The minimum Gasteiger partial charge on any atom is -0.361 e. The van der Waals surface area contributed by atoms with E-state index in [0.717, 1.165) is 19.5 Å². The molecular weight excluding hydrogens is 314 g/mol. The zero-order valence-corrected chi connectivity index (χ0v) is 14.9. The first-order valence-corrected chi connectivity index (χ1v) is 9.35. The van der Waals surface area contributed by atoms with Gasteiger partial charge in [-0.1, -0.05) is 26.0 Å². The van der Waals surface area contributed by atoms with E-state index in [1.165, 1.54) is 16.5 Å². The zero-order chi connectivity index (χ0) is 17.2. The lowest BCUT2D eigenvalue weighted by Gasteiger charge is -2.34. The summed E-state index contributed by atoms with van der Waals surface area (Å²) in [5.41, 5.74) is 2.12. The molecule has 0 unspecified atom stereocenters. The van der Waals surface area contributed by atoms with Crippen LogP contribution in [0.1, 0.15) is 32.3 Å². The summed E-state index contributed by atoms with van der Waals surface area (Å²) in [6.07, 6.45) is 3.51. The number of benzene rings is 1. The highest BCUT2D eigenvalue weighted by molar-refractivity contribution is 5.83. The highest BCUT2D eigenvalue weighted by atomic mass is 16.5. The number of nitrogens with zero attached hydrogens (tertiary/aromatic N) is 2. The van der Waals surface area contributed by atoms with Gasteiger partial charge < -0.3 is 14.6 Å². The first kappa shape index (κ1) is 15.4. The number of carbonyl (C=O) groups excluding carboxylic acids is 1. The molecule has 5 nitrogen and oxygen atoms in total. The Labute approximate surface area is 147 Å². The van der Waals surface area contributed by atoms with E-state index in [2.05, 4.69) is 52.9 Å². The number of hydrogen-bond donors (Lipinski definition) is 1. The van der Waals surface area contributed by atoms with Crippen LogP contribution in [0.2, 0.25) is 0 Å². The second-order valence-electron chi connectivity index (χ2n) is 8.03. The van der Waals surface area contributed by atoms with Crippen molar-refractivity contribution >= 4 is 16.8 Å². The van der Waals surface area contributed by atoms with E-state index in [4.69, 9.17) is 4.74 Å². The number of aromatic amines is 1. The van der Waals surface area contributed by atoms with Crippen LogP contribution in [-0.2, 0) is 16.1 Å². The van der Waals surface area contributed by atoms with Crippen LogP contribution in [0.3, 0.4) is 0 Å². The third-order valence-corrected chi connectivity index (χ3v) is 6.43. The van der Waals surface area contributed by atoms with Crippen molar-refractivity contribution in [2.75, 3.05) is 13.2 Å². The molecule has 5 rings (SSSR count). The molecule has 1 aromatic carbocycles. The Morgan fingerprint density at radius 1 is 1.36 bits per heavy atom. The van der Waals surface area contributed by atoms with Crippen LogP contribution in [0.15, 0.2) is 30.5 Å². The van der Waals surface area contributed by atoms with Gasteiger partial charge in [0.15, 0.2) is 5.72 Å². The molecule has 4 heterocycles. The van der Waals surface area contributed by atoms with Crippen molar-refractivity contribution in [3.8, 4) is 0 Å². The molecule has 25 heavy (non-hydrogen) atoms. The minimum absolute atomic E-state index is 0.179. The van der Waals surface area contributed by atoms with E-state index >= 15 is 0 Å². The molecule has 1 aromatic heterocycles. The maximum Gasteiger partial charge on any atom is 0.226 e. The van der Waals surface area contributed by atoms with Gasteiger partial charge in [-0.3, -0.25) is 9.69 Å². The van der Waals surface area contributed by atoms with Crippen molar-refractivity contribution in [3.05, 3.63) is 36.0 Å². The number of rotatable bonds is 3. The number of aromatic nitrogens is 1. The maximum absolute atomic E-state index is 12.8. The summed E-state index contributed by atoms with van der Waals surface area (Å²) in [7, 11) is 0. The Balaban J connectivity index is 1.45. The molecule has 3 fully saturated rings. The number of likely N-dealkylation sites (tertiary alicyclic amines) is 1. The van der Waals surface area contributed by atoms with Crippen LogP contribution in [0.5, 0.6) is 0 Å². The molecule has 0 saturated carbocycles. The van der Waals surface area contributed by atoms with E-state index in [1.807, 2.05) is 6.20 Å². The summed E-state index contributed by atoms with van der Waals surface area (Å²) in [5.74, 6) is 0.704. The topological polar surface area (TPSA) is 48.6 Å². The maximum atomic E-state index is 12.8. The van der Waals surface area contributed by atoms with Gasteiger partial charge in [0, 0.05) is 43.0 Å². The van der Waals surface area contributed by atoms with Gasteiger partial charge >= 0.3 is 0 Å². The third kappa shape index (κ3) is 2.06. The monoisotopic (exact) mass is 339 g/mol. The van der Waals surface area contributed by atoms with Crippen molar-refractivity contribution in [1.29, 1.82) is 0 Å². The molecule has 1 N–H and O–H groups in total. The average Bonchev–Trinajstić information content (AvgIpc) is 3.31. The molecule has 2 aromatic rings. The van der Waals surface area contributed by atoms with Crippen molar-refractivity contribution in [1.82, 2.24) is 14.8 Å². The lowest BCUT2D eigenvalue weighted by atomic mass is 10.0. The van der Waals surface area contributed by atoms with Crippen molar-refractivity contribution in [3.63, 3.8) is 0 Å².